The molecule has 3 rings (SSSR count). The second-order valence-electron chi connectivity index (χ2n) is 4.89. The monoisotopic (exact) mass is 324 g/mol. The first kappa shape index (κ1) is 15.2. The number of hydrogen-bond donors (Lipinski definition) is 1. The number of rotatable bonds is 5. The number of carbonyl (C=O) groups is 1. The first-order valence-corrected chi connectivity index (χ1v) is 8.02. The van der Waals surface area contributed by atoms with E-state index in [9.17, 15) is 4.79 Å². The molecule has 0 aliphatic rings. The molecule has 0 spiro atoms. The van der Waals surface area contributed by atoms with Crippen molar-refractivity contribution in [3.8, 4) is 10.6 Å². The average molecular weight is 324 g/mol. The Hall–Kier alpha value is -2.66. The maximum absolute atomic E-state index is 12.0. The van der Waals surface area contributed by atoms with Gasteiger partial charge in [-0.15, -0.1) is 11.3 Å². The highest BCUT2D eigenvalue weighted by Crippen LogP contribution is 2.31. The lowest BCUT2D eigenvalue weighted by Crippen LogP contribution is -2.06. The molecule has 2 aromatic carbocycles. The average Bonchev–Trinajstić information content (AvgIpc) is 3.05. The van der Waals surface area contributed by atoms with Gasteiger partial charge in [0.25, 0.3) is 0 Å². The summed E-state index contributed by atoms with van der Waals surface area (Å²) in [4.78, 5) is 17.1. The topological polar surface area (TPSA) is 51.2 Å². The van der Waals surface area contributed by atoms with Crippen LogP contribution in [0.3, 0.4) is 0 Å². The molecule has 116 valence electrons. The highest BCUT2D eigenvalue weighted by molar-refractivity contribution is 7.17. The van der Waals surface area contributed by atoms with Crippen LogP contribution in [0.25, 0.3) is 10.6 Å². The molecule has 0 atom stereocenters. The molecule has 0 fully saturated rings. The van der Waals surface area contributed by atoms with Crippen molar-refractivity contribution in [3.05, 3.63) is 71.1 Å². The van der Waals surface area contributed by atoms with Crippen LogP contribution in [0.2, 0.25) is 0 Å². The van der Waals surface area contributed by atoms with Gasteiger partial charge in [-0.25, -0.2) is 9.78 Å². The molecular weight excluding hydrogens is 308 g/mol. The van der Waals surface area contributed by atoms with Gasteiger partial charge in [0.1, 0.15) is 5.01 Å². The summed E-state index contributed by atoms with van der Waals surface area (Å²) < 4.78 is 4.87. The second kappa shape index (κ2) is 7.07. The lowest BCUT2D eigenvalue weighted by atomic mass is 10.2. The molecule has 0 saturated heterocycles. The van der Waals surface area contributed by atoms with Crippen LogP contribution >= 0.6 is 11.3 Å². The molecule has 0 radical (unpaired) electrons. The lowest BCUT2D eigenvalue weighted by molar-refractivity contribution is 0.0607. The largest absolute Gasteiger partial charge is 0.465 e. The van der Waals surface area contributed by atoms with Crippen molar-refractivity contribution in [1.82, 2.24) is 4.98 Å². The Bertz CT molecular complexity index is 785. The van der Waals surface area contributed by atoms with Crippen LogP contribution in [-0.2, 0) is 11.3 Å². The smallest absolute Gasteiger partial charge is 0.351 e. The van der Waals surface area contributed by atoms with E-state index in [4.69, 9.17) is 4.74 Å². The molecule has 0 aliphatic heterocycles. The number of anilines is 1. The summed E-state index contributed by atoms with van der Waals surface area (Å²) in [5, 5.41) is 4.03. The van der Waals surface area contributed by atoms with E-state index in [0.29, 0.717) is 17.2 Å². The minimum Gasteiger partial charge on any atom is -0.465 e. The van der Waals surface area contributed by atoms with Crippen LogP contribution in [0.4, 0.5) is 5.82 Å². The first-order chi connectivity index (χ1) is 11.3. The van der Waals surface area contributed by atoms with E-state index in [1.165, 1.54) is 18.4 Å². The van der Waals surface area contributed by atoms with Crippen molar-refractivity contribution in [2.45, 2.75) is 6.54 Å². The molecule has 1 aromatic heterocycles. The van der Waals surface area contributed by atoms with E-state index in [1.807, 2.05) is 60.7 Å². The van der Waals surface area contributed by atoms with E-state index in [1.54, 1.807) is 0 Å². The summed E-state index contributed by atoms with van der Waals surface area (Å²) in [7, 11) is 1.38. The standard InChI is InChI=1S/C18H16N2O2S/c1-22-18(21)15-16(19-12-13-8-4-2-5-9-13)20-17(23-15)14-10-6-3-7-11-14/h2-11,19H,12H2,1H3. The highest BCUT2D eigenvalue weighted by Gasteiger charge is 2.19. The van der Waals surface area contributed by atoms with Gasteiger partial charge in [0.2, 0.25) is 0 Å². The number of benzene rings is 2. The first-order valence-electron chi connectivity index (χ1n) is 7.20. The van der Waals surface area contributed by atoms with Gasteiger partial charge in [-0.1, -0.05) is 60.7 Å². The summed E-state index contributed by atoms with van der Waals surface area (Å²) >= 11 is 1.33. The Labute approximate surface area is 138 Å². The fourth-order valence-corrected chi connectivity index (χ4v) is 3.12. The molecule has 1 N–H and O–H groups in total. The summed E-state index contributed by atoms with van der Waals surface area (Å²) in [5.41, 5.74) is 2.10. The molecule has 23 heavy (non-hydrogen) atoms. The quantitative estimate of drug-likeness (QED) is 0.714. The number of carbonyl (C=O) groups excluding carboxylic acids is 1. The molecule has 0 saturated carbocycles. The Morgan fingerprint density at radius 2 is 1.74 bits per heavy atom. The van der Waals surface area contributed by atoms with Gasteiger partial charge in [0.05, 0.1) is 7.11 Å². The molecule has 5 heteroatoms. The minimum absolute atomic E-state index is 0.375. The van der Waals surface area contributed by atoms with E-state index < -0.39 is 0 Å². The van der Waals surface area contributed by atoms with Gasteiger partial charge in [-0.3, -0.25) is 0 Å². The predicted octanol–water partition coefficient (Wildman–Crippen LogP) is 4.21. The molecule has 0 bridgehead atoms. The summed E-state index contributed by atoms with van der Waals surface area (Å²) in [6.07, 6.45) is 0. The predicted molar refractivity (Wildman–Crippen MR) is 92.7 cm³/mol. The van der Waals surface area contributed by atoms with E-state index in [2.05, 4.69) is 10.3 Å². The van der Waals surface area contributed by atoms with Crippen LogP contribution in [0.5, 0.6) is 0 Å². The maximum Gasteiger partial charge on any atom is 0.351 e. The molecule has 0 aliphatic carbocycles. The Kier molecular flexibility index (Phi) is 4.68. The minimum atomic E-state index is -0.375. The highest BCUT2D eigenvalue weighted by atomic mass is 32.1. The van der Waals surface area contributed by atoms with E-state index in [-0.39, 0.29) is 5.97 Å². The van der Waals surface area contributed by atoms with Gasteiger partial charge in [0, 0.05) is 12.1 Å². The SMILES string of the molecule is COC(=O)c1sc(-c2ccccc2)nc1NCc1ccccc1. The third kappa shape index (κ3) is 3.57. The number of ether oxygens (including phenoxy) is 1. The second-order valence-corrected chi connectivity index (χ2v) is 5.89. The molecule has 0 amide bonds. The van der Waals surface area contributed by atoms with Crippen LogP contribution < -0.4 is 5.32 Å². The summed E-state index contributed by atoms with van der Waals surface area (Å²) in [6, 6.07) is 19.8. The molecule has 0 unspecified atom stereocenters. The number of hydrogen-bond acceptors (Lipinski definition) is 5. The van der Waals surface area contributed by atoms with Gasteiger partial charge < -0.3 is 10.1 Å². The molecular formula is C18H16N2O2S. The normalized spacial score (nSPS) is 10.3. The number of esters is 1. The Balaban J connectivity index is 1.88. The summed E-state index contributed by atoms with van der Waals surface area (Å²) in [5.74, 6) is 0.185. The number of nitrogens with one attached hydrogen (secondary N) is 1. The van der Waals surface area contributed by atoms with Crippen molar-refractivity contribution >= 4 is 23.1 Å². The molecule has 4 nitrogen and oxygen atoms in total. The van der Waals surface area contributed by atoms with Crippen molar-refractivity contribution in [2.75, 3.05) is 12.4 Å². The zero-order valence-electron chi connectivity index (χ0n) is 12.7. The fourth-order valence-electron chi connectivity index (χ4n) is 2.16. The maximum atomic E-state index is 12.0. The third-order valence-electron chi connectivity index (χ3n) is 3.32. The lowest BCUT2D eigenvalue weighted by Gasteiger charge is -2.05. The van der Waals surface area contributed by atoms with Crippen molar-refractivity contribution < 1.29 is 9.53 Å². The van der Waals surface area contributed by atoms with Gasteiger partial charge in [-0.05, 0) is 5.56 Å². The zero-order valence-corrected chi connectivity index (χ0v) is 13.5. The Morgan fingerprint density at radius 3 is 2.39 bits per heavy atom. The zero-order chi connectivity index (χ0) is 16.1. The number of thiazole rings is 1. The van der Waals surface area contributed by atoms with Crippen LogP contribution in [0, 0.1) is 0 Å². The third-order valence-corrected chi connectivity index (χ3v) is 4.41. The number of nitrogens with zero attached hydrogens (tertiary/aromatic N) is 1. The number of aromatic nitrogens is 1. The van der Waals surface area contributed by atoms with Gasteiger partial charge in [0.15, 0.2) is 10.7 Å². The molecule has 3 aromatic rings. The number of methoxy groups -OCH3 is 1. The van der Waals surface area contributed by atoms with Crippen LogP contribution in [0.1, 0.15) is 15.2 Å². The fraction of sp³-hybridized carbons (Fsp3) is 0.111. The van der Waals surface area contributed by atoms with Crippen molar-refractivity contribution in [2.24, 2.45) is 0 Å². The van der Waals surface area contributed by atoms with Crippen LogP contribution in [-0.4, -0.2) is 18.1 Å². The van der Waals surface area contributed by atoms with Crippen LogP contribution in [0.15, 0.2) is 60.7 Å². The van der Waals surface area contributed by atoms with Crippen molar-refractivity contribution in [3.63, 3.8) is 0 Å². The van der Waals surface area contributed by atoms with Gasteiger partial charge >= 0.3 is 5.97 Å². The summed E-state index contributed by atoms with van der Waals surface area (Å²) in [6.45, 7) is 0.600. The van der Waals surface area contributed by atoms with Crippen molar-refractivity contribution in [1.29, 1.82) is 0 Å². The van der Waals surface area contributed by atoms with E-state index >= 15 is 0 Å². The van der Waals surface area contributed by atoms with E-state index in [0.717, 1.165) is 16.1 Å². The van der Waals surface area contributed by atoms with Gasteiger partial charge in [-0.2, -0.15) is 0 Å². The molecule has 1 heterocycles. The Morgan fingerprint density at radius 1 is 1.09 bits per heavy atom.